The van der Waals surface area contributed by atoms with E-state index < -0.39 is 0 Å². The van der Waals surface area contributed by atoms with Crippen LogP contribution in [0.3, 0.4) is 0 Å². The fourth-order valence-electron chi connectivity index (χ4n) is 3.25. The van der Waals surface area contributed by atoms with Gasteiger partial charge in [0.1, 0.15) is 0 Å². The number of H-pyrrole nitrogens is 1. The standard InChI is InChI=1S/C18H22N4S.ClH/c1-3-13-5-4-6-14-15(11-19-17(13)14)16-12-23-18(20-16)22-9-7-21(2)8-10-22;/h4-6,11-12,19H,3,7-10H2,1-2H3;1H/p-1. The molecule has 1 N–H and O–H groups in total. The molecule has 0 spiro atoms. The number of halogens is 1. The number of benzene rings is 1. The Balaban J connectivity index is 0.00000169. The van der Waals surface area contributed by atoms with E-state index in [1.165, 1.54) is 22.0 Å². The zero-order chi connectivity index (χ0) is 15.8. The first-order valence-electron chi connectivity index (χ1n) is 8.24. The highest BCUT2D eigenvalue weighted by Gasteiger charge is 2.18. The van der Waals surface area contributed by atoms with Gasteiger partial charge in [-0.25, -0.2) is 4.98 Å². The first kappa shape index (κ1) is 17.3. The van der Waals surface area contributed by atoms with Crippen LogP contribution in [0, 0.1) is 0 Å². The van der Waals surface area contributed by atoms with Gasteiger partial charge >= 0.3 is 0 Å². The zero-order valence-corrected chi connectivity index (χ0v) is 15.6. The van der Waals surface area contributed by atoms with Crippen LogP contribution in [0.4, 0.5) is 5.13 Å². The molecule has 0 saturated carbocycles. The van der Waals surface area contributed by atoms with Gasteiger partial charge in [0.2, 0.25) is 0 Å². The van der Waals surface area contributed by atoms with Crippen LogP contribution in [0.15, 0.2) is 29.8 Å². The molecule has 0 unspecified atom stereocenters. The number of anilines is 1. The first-order valence-corrected chi connectivity index (χ1v) is 9.12. The molecule has 4 rings (SSSR count). The van der Waals surface area contributed by atoms with E-state index >= 15 is 0 Å². The van der Waals surface area contributed by atoms with Crippen LogP contribution in [-0.4, -0.2) is 48.1 Å². The van der Waals surface area contributed by atoms with Crippen LogP contribution in [0.1, 0.15) is 12.5 Å². The minimum absolute atomic E-state index is 0. The Labute approximate surface area is 152 Å². The van der Waals surface area contributed by atoms with Gasteiger partial charge in [0.25, 0.3) is 0 Å². The van der Waals surface area contributed by atoms with Crippen molar-refractivity contribution in [1.29, 1.82) is 0 Å². The predicted octanol–water partition coefficient (Wildman–Crippen LogP) is 0.610. The Morgan fingerprint density at radius 2 is 2.00 bits per heavy atom. The van der Waals surface area contributed by atoms with Gasteiger partial charge in [0, 0.05) is 54.2 Å². The van der Waals surface area contributed by atoms with Gasteiger partial charge < -0.3 is 27.2 Å². The Bertz CT molecular complexity index is 817. The van der Waals surface area contributed by atoms with E-state index in [1.54, 1.807) is 11.3 Å². The molecule has 0 amide bonds. The van der Waals surface area contributed by atoms with Gasteiger partial charge in [0.05, 0.1) is 5.69 Å². The lowest BCUT2D eigenvalue weighted by Gasteiger charge is -2.32. The van der Waals surface area contributed by atoms with Gasteiger partial charge in [-0.3, -0.25) is 0 Å². The number of thiazole rings is 1. The third kappa shape index (κ3) is 3.04. The van der Waals surface area contributed by atoms with Crippen LogP contribution in [0.5, 0.6) is 0 Å². The summed E-state index contributed by atoms with van der Waals surface area (Å²) in [6.45, 7) is 6.56. The smallest absolute Gasteiger partial charge is 0.185 e. The molecule has 24 heavy (non-hydrogen) atoms. The van der Waals surface area contributed by atoms with E-state index in [-0.39, 0.29) is 12.4 Å². The molecule has 1 aliphatic heterocycles. The molecule has 6 heteroatoms. The number of fused-ring (bicyclic) bond motifs is 1. The number of rotatable bonds is 3. The summed E-state index contributed by atoms with van der Waals surface area (Å²) in [4.78, 5) is 13.1. The topological polar surface area (TPSA) is 35.2 Å². The van der Waals surface area contributed by atoms with Crippen molar-refractivity contribution in [3.05, 3.63) is 35.3 Å². The second-order valence-electron chi connectivity index (χ2n) is 6.20. The minimum atomic E-state index is 0. The molecule has 0 bridgehead atoms. The fourth-order valence-corrected chi connectivity index (χ4v) is 4.13. The summed E-state index contributed by atoms with van der Waals surface area (Å²) in [5.41, 5.74) is 4.91. The molecule has 128 valence electrons. The van der Waals surface area contributed by atoms with Crippen molar-refractivity contribution < 1.29 is 12.4 Å². The highest BCUT2D eigenvalue weighted by Crippen LogP contribution is 2.33. The number of hydrogen-bond acceptors (Lipinski definition) is 4. The molecule has 3 aromatic rings. The predicted molar refractivity (Wildman–Crippen MR) is 98.5 cm³/mol. The number of piperazine rings is 1. The highest BCUT2D eigenvalue weighted by molar-refractivity contribution is 7.14. The molecule has 0 radical (unpaired) electrons. The molecule has 1 fully saturated rings. The lowest BCUT2D eigenvalue weighted by atomic mass is 10.1. The van der Waals surface area contributed by atoms with E-state index in [0.29, 0.717) is 0 Å². The summed E-state index contributed by atoms with van der Waals surface area (Å²) in [5, 5.41) is 4.61. The zero-order valence-electron chi connectivity index (χ0n) is 14.1. The molecule has 1 aliphatic rings. The molecule has 4 nitrogen and oxygen atoms in total. The first-order chi connectivity index (χ1) is 11.3. The van der Waals surface area contributed by atoms with Crippen LogP contribution in [-0.2, 0) is 6.42 Å². The lowest BCUT2D eigenvalue weighted by Crippen LogP contribution is -3.00. The number of nitrogens with one attached hydrogen (secondary N) is 1. The summed E-state index contributed by atoms with van der Waals surface area (Å²) in [5.74, 6) is 0. The maximum atomic E-state index is 4.91. The summed E-state index contributed by atoms with van der Waals surface area (Å²) in [6.07, 6.45) is 3.15. The number of aromatic nitrogens is 2. The Kier molecular flexibility index (Phi) is 5.13. The van der Waals surface area contributed by atoms with E-state index in [0.717, 1.165) is 43.4 Å². The van der Waals surface area contributed by atoms with Crippen LogP contribution in [0.25, 0.3) is 22.2 Å². The third-order valence-corrected chi connectivity index (χ3v) is 5.63. The summed E-state index contributed by atoms with van der Waals surface area (Å²) in [7, 11) is 2.18. The molecule has 3 heterocycles. The van der Waals surface area contributed by atoms with Crippen molar-refractivity contribution in [2.75, 3.05) is 38.1 Å². The largest absolute Gasteiger partial charge is 1.00 e. The van der Waals surface area contributed by atoms with Crippen molar-refractivity contribution in [2.24, 2.45) is 0 Å². The maximum absolute atomic E-state index is 4.91. The van der Waals surface area contributed by atoms with Crippen molar-refractivity contribution in [2.45, 2.75) is 13.3 Å². The molecule has 1 saturated heterocycles. The number of likely N-dealkylation sites (N-methyl/N-ethyl adjacent to an activating group) is 1. The fraction of sp³-hybridized carbons (Fsp3) is 0.389. The molecule has 2 aromatic heterocycles. The highest BCUT2D eigenvalue weighted by atomic mass is 35.5. The Hall–Kier alpha value is -1.56. The summed E-state index contributed by atoms with van der Waals surface area (Å²) in [6, 6.07) is 6.53. The van der Waals surface area contributed by atoms with Gasteiger partial charge in [-0.05, 0) is 19.0 Å². The van der Waals surface area contributed by atoms with E-state index in [4.69, 9.17) is 4.98 Å². The number of aryl methyl sites for hydroxylation is 1. The van der Waals surface area contributed by atoms with Gasteiger partial charge in [-0.15, -0.1) is 11.3 Å². The quantitative estimate of drug-likeness (QED) is 0.742. The van der Waals surface area contributed by atoms with Gasteiger partial charge in [0.15, 0.2) is 5.13 Å². The van der Waals surface area contributed by atoms with Crippen molar-refractivity contribution in [3.8, 4) is 11.3 Å². The van der Waals surface area contributed by atoms with E-state index in [9.17, 15) is 0 Å². The van der Waals surface area contributed by atoms with E-state index in [2.05, 4.69) is 58.5 Å². The minimum Gasteiger partial charge on any atom is -1.00 e. The lowest BCUT2D eigenvalue weighted by molar-refractivity contribution is -0.00000467. The second kappa shape index (κ2) is 7.13. The van der Waals surface area contributed by atoms with Gasteiger partial charge in [-0.1, -0.05) is 25.1 Å². The number of aromatic amines is 1. The monoisotopic (exact) mass is 361 g/mol. The van der Waals surface area contributed by atoms with Crippen LogP contribution >= 0.6 is 11.3 Å². The second-order valence-corrected chi connectivity index (χ2v) is 7.04. The average molecular weight is 362 g/mol. The molecule has 0 aliphatic carbocycles. The van der Waals surface area contributed by atoms with Crippen molar-refractivity contribution >= 4 is 27.4 Å². The summed E-state index contributed by atoms with van der Waals surface area (Å²) >= 11 is 1.76. The number of para-hydroxylation sites is 1. The normalized spacial score (nSPS) is 15.7. The third-order valence-electron chi connectivity index (χ3n) is 4.72. The summed E-state index contributed by atoms with van der Waals surface area (Å²) < 4.78 is 0. The Morgan fingerprint density at radius 3 is 2.75 bits per heavy atom. The Morgan fingerprint density at radius 1 is 1.21 bits per heavy atom. The maximum Gasteiger partial charge on any atom is 0.185 e. The number of nitrogens with zero attached hydrogens (tertiary/aromatic N) is 3. The average Bonchev–Trinajstić information content (AvgIpc) is 3.21. The molecule has 1 aromatic carbocycles. The molecular formula is C18H22ClN4S-. The molecule has 0 atom stereocenters. The van der Waals surface area contributed by atoms with Crippen LogP contribution in [0.2, 0.25) is 0 Å². The van der Waals surface area contributed by atoms with Crippen molar-refractivity contribution in [1.82, 2.24) is 14.9 Å². The van der Waals surface area contributed by atoms with Gasteiger partial charge in [-0.2, -0.15) is 0 Å². The van der Waals surface area contributed by atoms with Crippen LogP contribution < -0.4 is 17.3 Å². The number of hydrogen-bond donors (Lipinski definition) is 1. The SMILES string of the molecule is CCc1cccc2c(-c3csc(N4CCN(C)CC4)n3)c[nH]c12.[Cl-]. The van der Waals surface area contributed by atoms with E-state index in [1.807, 2.05) is 0 Å². The van der Waals surface area contributed by atoms with Crippen molar-refractivity contribution in [3.63, 3.8) is 0 Å². The molecular weight excluding hydrogens is 340 g/mol.